The predicted molar refractivity (Wildman–Crippen MR) is 158 cm³/mol. The van der Waals surface area contributed by atoms with Gasteiger partial charge in [-0.3, -0.25) is 9.59 Å². The summed E-state index contributed by atoms with van der Waals surface area (Å²) in [7, 11) is 0. The van der Waals surface area contributed by atoms with Crippen LogP contribution in [0.1, 0.15) is 46.6 Å². The van der Waals surface area contributed by atoms with Crippen LogP contribution < -0.4 is 18.9 Å². The van der Waals surface area contributed by atoms with E-state index in [9.17, 15) is 23.6 Å². The molecule has 0 heterocycles. The maximum atomic E-state index is 14.8. The van der Waals surface area contributed by atoms with E-state index in [1.54, 1.807) is 57.2 Å². The first-order chi connectivity index (χ1) is 20.1. The van der Waals surface area contributed by atoms with E-state index in [-0.39, 0.29) is 47.2 Å². The molecule has 0 unspecified atom stereocenters. The van der Waals surface area contributed by atoms with Crippen molar-refractivity contribution in [2.75, 3.05) is 0 Å². The number of hydrogen-bond acceptors (Lipinski definition) is 8. The zero-order valence-electron chi connectivity index (χ0n) is 24.7. The number of carbonyl (C=O) groups is 4. The van der Waals surface area contributed by atoms with E-state index >= 15 is 0 Å². The molecule has 0 atom stereocenters. The minimum atomic E-state index is -0.730. The number of rotatable bonds is 10. The average molecular weight is 589 g/mol. The molecule has 3 aromatic rings. The van der Waals surface area contributed by atoms with Crippen LogP contribution in [0.25, 0.3) is 11.1 Å². The van der Waals surface area contributed by atoms with Crippen molar-refractivity contribution in [1.82, 2.24) is 0 Å². The van der Waals surface area contributed by atoms with Crippen molar-refractivity contribution in [2.45, 2.75) is 47.5 Å². The van der Waals surface area contributed by atoms with Gasteiger partial charge in [0.1, 0.15) is 5.75 Å². The van der Waals surface area contributed by atoms with Crippen molar-refractivity contribution in [1.29, 1.82) is 0 Å². The number of hydrogen-bond donors (Lipinski definition) is 0. The molecule has 0 aliphatic heterocycles. The molecule has 0 amide bonds. The second-order valence-electron chi connectivity index (χ2n) is 10.9. The molecule has 3 aromatic carbocycles. The van der Waals surface area contributed by atoms with Crippen molar-refractivity contribution >= 4 is 23.9 Å². The van der Waals surface area contributed by atoms with Gasteiger partial charge in [-0.15, -0.1) is 0 Å². The largest absolute Gasteiger partial charge is 0.426 e. The molecule has 0 fully saturated rings. The second-order valence-corrected chi connectivity index (χ2v) is 10.9. The minimum absolute atomic E-state index is 0.00310. The number of ether oxygens (including phenoxy) is 4. The Bertz CT molecular complexity index is 1580. The van der Waals surface area contributed by atoms with Gasteiger partial charge in [0, 0.05) is 17.6 Å². The lowest BCUT2D eigenvalue weighted by atomic mass is 9.97. The molecule has 9 heteroatoms. The van der Waals surface area contributed by atoms with Crippen LogP contribution in [-0.4, -0.2) is 23.9 Å². The average Bonchev–Trinajstić information content (AvgIpc) is 2.93. The summed E-state index contributed by atoms with van der Waals surface area (Å²) in [5.74, 6) is -3.10. The third-order valence-electron chi connectivity index (χ3n) is 5.89. The molecule has 3 rings (SSSR count). The molecule has 0 saturated heterocycles. The highest BCUT2D eigenvalue weighted by Crippen LogP contribution is 2.31. The third-order valence-corrected chi connectivity index (χ3v) is 5.89. The molecule has 43 heavy (non-hydrogen) atoms. The van der Waals surface area contributed by atoms with Gasteiger partial charge in [-0.05, 0) is 94.1 Å². The van der Waals surface area contributed by atoms with Crippen molar-refractivity contribution in [3.05, 3.63) is 96.3 Å². The Morgan fingerprint density at radius 1 is 0.698 bits per heavy atom. The summed E-state index contributed by atoms with van der Waals surface area (Å²) >= 11 is 0. The van der Waals surface area contributed by atoms with Gasteiger partial charge >= 0.3 is 23.9 Å². The van der Waals surface area contributed by atoms with Gasteiger partial charge in [-0.1, -0.05) is 37.4 Å². The SMILES string of the molecule is C=C(C)C(=O)Oc1ccc(CCC(=O)Oc2ccc(-c3ccc(OC(=O)C(C)(C)C)cc3)cc2F)cc1OC(=O)C(=C)C. The fourth-order valence-electron chi connectivity index (χ4n) is 3.40. The molecule has 8 nitrogen and oxygen atoms in total. The lowest BCUT2D eigenvalue weighted by Crippen LogP contribution is -2.25. The van der Waals surface area contributed by atoms with Crippen molar-refractivity contribution in [2.24, 2.45) is 5.41 Å². The van der Waals surface area contributed by atoms with Crippen LogP contribution in [0.5, 0.6) is 23.0 Å². The number of halogens is 1. The molecule has 0 bridgehead atoms. The Labute approximate surface area is 249 Å². The van der Waals surface area contributed by atoms with Gasteiger partial charge in [-0.25, -0.2) is 14.0 Å². The van der Waals surface area contributed by atoms with Crippen molar-refractivity contribution in [3.8, 4) is 34.1 Å². The Balaban J connectivity index is 1.65. The molecular weight excluding hydrogens is 555 g/mol. The van der Waals surface area contributed by atoms with E-state index in [1.165, 1.54) is 38.1 Å². The zero-order chi connectivity index (χ0) is 31.9. The van der Waals surface area contributed by atoms with Crippen LogP contribution in [0.4, 0.5) is 4.39 Å². The lowest BCUT2D eigenvalue weighted by Gasteiger charge is -2.16. The summed E-state index contributed by atoms with van der Waals surface area (Å²) in [5, 5.41) is 0. The Kier molecular flexibility index (Phi) is 10.4. The number of aryl methyl sites for hydroxylation is 1. The van der Waals surface area contributed by atoms with Crippen LogP contribution in [0.2, 0.25) is 0 Å². The predicted octanol–water partition coefficient (Wildman–Crippen LogP) is 6.95. The molecule has 0 aromatic heterocycles. The highest BCUT2D eigenvalue weighted by Gasteiger charge is 2.23. The fourth-order valence-corrected chi connectivity index (χ4v) is 3.40. The van der Waals surface area contributed by atoms with Gasteiger partial charge in [0.15, 0.2) is 23.1 Å². The van der Waals surface area contributed by atoms with Crippen molar-refractivity contribution < 1.29 is 42.5 Å². The summed E-state index contributed by atoms with van der Waals surface area (Å²) in [6, 6.07) is 15.3. The summed E-state index contributed by atoms with van der Waals surface area (Å²) < 4.78 is 36.0. The minimum Gasteiger partial charge on any atom is -0.426 e. The van der Waals surface area contributed by atoms with Crippen LogP contribution >= 0.6 is 0 Å². The molecule has 0 aliphatic carbocycles. The normalized spacial score (nSPS) is 10.8. The van der Waals surface area contributed by atoms with E-state index in [0.29, 0.717) is 22.4 Å². The molecule has 0 saturated carbocycles. The third kappa shape index (κ3) is 9.22. The fraction of sp³-hybridized carbons (Fsp3) is 0.235. The van der Waals surface area contributed by atoms with Gasteiger partial charge in [0.05, 0.1) is 5.41 Å². The topological polar surface area (TPSA) is 105 Å². The quantitative estimate of drug-likeness (QED) is 0.142. The standard InChI is InChI=1S/C34H33FO8/c1-20(2)31(37)42-28-15-8-22(18-29(28)43-32(38)21(3)4)9-17-30(36)41-27-16-12-24(19-26(27)35)23-10-13-25(14-11-23)40-33(39)34(5,6)7/h8,10-16,18-19H,1,3,9,17H2,2,4-7H3. The zero-order valence-corrected chi connectivity index (χ0v) is 24.7. The van der Waals surface area contributed by atoms with E-state index in [4.69, 9.17) is 18.9 Å². The number of esters is 4. The molecule has 0 aliphatic rings. The smallest absolute Gasteiger partial charge is 0.338 e. The molecule has 224 valence electrons. The van der Waals surface area contributed by atoms with Crippen LogP contribution in [0, 0.1) is 11.2 Å². The van der Waals surface area contributed by atoms with Crippen LogP contribution in [0.15, 0.2) is 85.0 Å². The molecule has 0 N–H and O–H groups in total. The molecule has 0 radical (unpaired) electrons. The highest BCUT2D eigenvalue weighted by atomic mass is 19.1. The second kappa shape index (κ2) is 13.7. The Morgan fingerprint density at radius 3 is 1.81 bits per heavy atom. The van der Waals surface area contributed by atoms with Crippen LogP contribution in [-0.2, 0) is 25.6 Å². The highest BCUT2D eigenvalue weighted by molar-refractivity contribution is 5.91. The number of benzene rings is 3. The summed E-state index contributed by atoms with van der Waals surface area (Å²) in [5.41, 5.74) is 1.43. The molecular formula is C34H33FO8. The van der Waals surface area contributed by atoms with Crippen molar-refractivity contribution in [3.63, 3.8) is 0 Å². The van der Waals surface area contributed by atoms with Gasteiger partial charge in [-0.2, -0.15) is 0 Å². The maximum absolute atomic E-state index is 14.8. The van der Waals surface area contributed by atoms with Crippen LogP contribution in [0.3, 0.4) is 0 Å². The summed E-state index contributed by atoms with van der Waals surface area (Å²) in [4.78, 5) is 48.7. The summed E-state index contributed by atoms with van der Waals surface area (Å²) in [6.45, 7) is 15.3. The van der Waals surface area contributed by atoms with E-state index in [1.807, 2.05) is 0 Å². The number of carbonyl (C=O) groups excluding carboxylic acids is 4. The Hall–Kier alpha value is -5.05. The maximum Gasteiger partial charge on any atom is 0.338 e. The summed E-state index contributed by atoms with van der Waals surface area (Å²) in [6.07, 6.45) is 0.0473. The monoisotopic (exact) mass is 588 g/mol. The van der Waals surface area contributed by atoms with E-state index in [2.05, 4.69) is 13.2 Å². The van der Waals surface area contributed by atoms with Gasteiger partial charge < -0.3 is 18.9 Å². The Morgan fingerprint density at radius 2 is 1.26 bits per heavy atom. The lowest BCUT2D eigenvalue weighted by molar-refractivity contribution is -0.143. The van der Waals surface area contributed by atoms with E-state index < -0.39 is 29.1 Å². The first kappa shape index (κ1) is 32.5. The first-order valence-corrected chi connectivity index (χ1v) is 13.4. The first-order valence-electron chi connectivity index (χ1n) is 13.4. The molecule has 0 spiro atoms. The van der Waals surface area contributed by atoms with Gasteiger partial charge in [0.2, 0.25) is 0 Å². The van der Waals surface area contributed by atoms with E-state index in [0.717, 1.165) is 0 Å². The van der Waals surface area contributed by atoms with Gasteiger partial charge in [0.25, 0.3) is 0 Å².